The third kappa shape index (κ3) is 5.74. The van der Waals surface area contributed by atoms with E-state index in [1.165, 1.54) is 30.0 Å². The van der Waals surface area contributed by atoms with E-state index in [0.717, 1.165) is 32.3 Å². The number of benzene rings is 3. The van der Waals surface area contributed by atoms with Crippen molar-refractivity contribution in [1.82, 2.24) is 0 Å². The van der Waals surface area contributed by atoms with Crippen molar-refractivity contribution in [3.63, 3.8) is 0 Å². The summed E-state index contributed by atoms with van der Waals surface area (Å²) in [6.07, 6.45) is 0. The Morgan fingerprint density at radius 3 is 2.25 bits per heavy atom. The van der Waals surface area contributed by atoms with Gasteiger partial charge in [0, 0.05) is 31.2 Å². The highest BCUT2D eigenvalue weighted by molar-refractivity contribution is 9.10. The molecule has 0 amide bonds. The van der Waals surface area contributed by atoms with E-state index in [-0.39, 0.29) is 5.82 Å². The molecule has 3 rings (SSSR count). The summed E-state index contributed by atoms with van der Waals surface area (Å²) in [6, 6.07) is 14.8. The van der Waals surface area contributed by atoms with E-state index in [1.54, 1.807) is 12.1 Å². The Bertz CT molecular complexity index is 997. The lowest BCUT2D eigenvalue weighted by molar-refractivity contribution is 0.620. The number of halogens is 4. The predicted molar refractivity (Wildman–Crippen MR) is 125 cm³/mol. The van der Waals surface area contributed by atoms with Crippen molar-refractivity contribution in [2.45, 2.75) is 23.6 Å². The summed E-state index contributed by atoms with van der Waals surface area (Å²) >= 11 is 18.2. The fourth-order valence-electron chi connectivity index (χ4n) is 2.40. The topological polar surface area (TPSA) is 24.1 Å². The Morgan fingerprint density at radius 2 is 1.57 bits per heavy atom. The fraction of sp³-hybridized carbons (Fsp3) is 0.100. The third-order valence-corrected chi connectivity index (χ3v) is 6.69. The number of aryl methyl sites for hydroxylation is 2. The van der Waals surface area contributed by atoms with E-state index in [9.17, 15) is 4.39 Å². The van der Waals surface area contributed by atoms with Gasteiger partial charge in [-0.25, -0.2) is 4.39 Å². The minimum Gasteiger partial charge on any atom is -0.326 e. The van der Waals surface area contributed by atoms with Gasteiger partial charge in [-0.2, -0.15) is 0 Å². The Morgan fingerprint density at radius 1 is 0.857 bits per heavy atom. The van der Waals surface area contributed by atoms with E-state index in [1.807, 2.05) is 38.1 Å². The molecule has 0 unspecified atom stereocenters. The zero-order chi connectivity index (χ0) is 20.3. The summed E-state index contributed by atoms with van der Waals surface area (Å²) in [6.45, 7) is 3.92. The van der Waals surface area contributed by atoms with Crippen molar-refractivity contribution >= 4 is 74.4 Å². The molecule has 8 heteroatoms. The summed E-state index contributed by atoms with van der Waals surface area (Å²) in [5.74, 6) is -0.266. The molecule has 3 aromatic carbocycles. The van der Waals surface area contributed by atoms with Crippen molar-refractivity contribution in [3.05, 3.63) is 80.0 Å². The van der Waals surface area contributed by atoms with Crippen LogP contribution in [0, 0.1) is 19.7 Å². The van der Waals surface area contributed by atoms with E-state index in [0.29, 0.717) is 14.5 Å². The first-order valence-corrected chi connectivity index (χ1v) is 11.4. The molecule has 0 saturated heterocycles. The maximum atomic E-state index is 13.6. The van der Waals surface area contributed by atoms with Crippen LogP contribution in [0.3, 0.4) is 0 Å². The third-order valence-electron chi connectivity index (χ3n) is 3.84. The zero-order valence-corrected chi connectivity index (χ0v) is 19.7. The highest BCUT2D eigenvalue weighted by Gasteiger charge is 2.07. The maximum Gasteiger partial charge on any atom is 0.137 e. The van der Waals surface area contributed by atoms with Crippen LogP contribution in [-0.4, -0.2) is 0 Å². The predicted octanol–water partition coefficient (Wildman–Crippen LogP) is 8.75. The number of nitrogens with one attached hydrogen (secondary N) is 2. The summed E-state index contributed by atoms with van der Waals surface area (Å²) in [5.41, 5.74) is 3.81. The van der Waals surface area contributed by atoms with Gasteiger partial charge in [0.25, 0.3) is 0 Å². The molecule has 0 radical (unpaired) electrons. The van der Waals surface area contributed by atoms with E-state index in [2.05, 4.69) is 31.4 Å². The Labute approximate surface area is 191 Å². The van der Waals surface area contributed by atoms with Crippen LogP contribution in [0.25, 0.3) is 0 Å². The van der Waals surface area contributed by atoms with E-state index in [4.69, 9.17) is 23.2 Å². The van der Waals surface area contributed by atoms with Crippen molar-refractivity contribution in [3.8, 4) is 0 Å². The van der Waals surface area contributed by atoms with Crippen LogP contribution >= 0.6 is 63.0 Å². The van der Waals surface area contributed by atoms with Crippen molar-refractivity contribution in [1.29, 1.82) is 0 Å². The monoisotopic (exact) mass is 516 g/mol. The average molecular weight is 518 g/mol. The minimum atomic E-state index is -0.266. The summed E-state index contributed by atoms with van der Waals surface area (Å²) in [7, 11) is 0. The van der Waals surface area contributed by atoms with Crippen LogP contribution in [0.5, 0.6) is 0 Å². The summed E-state index contributed by atoms with van der Waals surface area (Å²) in [5, 5.41) is 1.21. The van der Waals surface area contributed by atoms with Crippen LogP contribution < -0.4 is 9.44 Å². The molecule has 0 fully saturated rings. The standard InChI is InChI=1S/C20H16BrCl2FN2S2/c1-11-6-18(24)17(21)10-19(11)26-28-20-4-3-15(5-12(20)2)25-27-16-8-13(22)7-14(23)9-16/h3-10,25-26H,1-2H3. The molecule has 3 aromatic rings. The van der Waals surface area contributed by atoms with Gasteiger partial charge in [0.1, 0.15) is 5.82 Å². The molecular formula is C20H16BrCl2FN2S2. The second-order valence-electron chi connectivity index (χ2n) is 6.07. The molecule has 2 nitrogen and oxygen atoms in total. The normalized spacial score (nSPS) is 10.8. The number of rotatable bonds is 6. The lowest BCUT2D eigenvalue weighted by Gasteiger charge is -2.13. The molecule has 0 spiro atoms. The first-order valence-electron chi connectivity index (χ1n) is 8.20. The van der Waals surface area contributed by atoms with Gasteiger partial charge in [-0.05, 0) is 113 Å². The molecular weight excluding hydrogens is 502 g/mol. The fourth-order valence-corrected chi connectivity index (χ4v) is 4.93. The molecule has 0 atom stereocenters. The lowest BCUT2D eigenvalue weighted by Crippen LogP contribution is -1.94. The Hall–Kier alpha value is -1.05. The summed E-state index contributed by atoms with van der Waals surface area (Å²) in [4.78, 5) is 2.02. The highest BCUT2D eigenvalue weighted by Crippen LogP contribution is 2.32. The smallest absolute Gasteiger partial charge is 0.137 e. The molecule has 0 bridgehead atoms. The van der Waals surface area contributed by atoms with Gasteiger partial charge in [-0.15, -0.1) is 0 Å². The van der Waals surface area contributed by atoms with Gasteiger partial charge >= 0.3 is 0 Å². The number of hydrogen-bond acceptors (Lipinski definition) is 4. The van der Waals surface area contributed by atoms with Gasteiger partial charge < -0.3 is 9.44 Å². The van der Waals surface area contributed by atoms with Gasteiger partial charge in [0.15, 0.2) is 0 Å². The van der Waals surface area contributed by atoms with Crippen LogP contribution in [-0.2, 0) is 0 Å². The Balaban J connectivity index is 1.64. The van der Waals surface area contributed by atoms with Gasteiger partial charge in [-0.1, -0.05) is 23.2 Å². The second kappa shape index (κ2) is 9.63. The first-order chi connectivity index (χ1) is 13.3. The second-order valence-corrected chi connectivity index (χ2v) is 9.53. The minimum absolute atomic E-state index is 0.266. The Kier molecular flexibility index (Phi) is 7.45. The van der Waals surface area contributed by atoms with Crippen molar-refractivity contribution in [2.75, 3.05) is 9.44 Å². The molecule has 146 valence electrons. The molecule has 28 heavy (non-hydrogen) atoms. The molecule has 0 aliphatic rings. The molecule has 2 N–H and O–H groups in total. The van der Waals surface area contributed by atoms with E-state index < -0.39 is 0 Å². The largest absolute Gasteiger partial charge is 0.326 e. The molecule has 0 aliphatic heterocycles. The van der Waals surface area contributed by atoms with Gasteiger partial charge in [-0.3, -0.25) is 0 Å². The van der Waals surface area contributed by atoms with Crippen LogP contribution in [0.1, 0.15) is 11.1 Å². The quantitative estimate of drug-likeness (QED) is 0.319. The lowest BCUT2D eigenvalue weighted by atomic mass is 10.2. The van der Waals surface area contributed by atoms with E-state index >= 15 is 0 Å². The number of hydrogen-bond donors (Lipinski definition) is 2. The summed E-state index contributed by atoms with van der Waals surface area (Å²) < 4.78 is 20.6. The number of anilines is 2. The van der Waals surface area contributed by atoms with Crippen LogP contribution in [0.4, 0.5) is 15.8 Å². The molecule has 0 aromatic heterocycles. The maximum absolute atomic E-state index is 13.6. The van der Waals surface area contributed by atoms with Crippen molar-refractivity contribution < 1.29 is 4.39 Å². The highest BCUT2D eigenvalue weighted by atomic mass is 79.9. The van der Waals surface area contributed by atoms with Gasteiger partial charge in [0.05, 0.1) is 4.47 Å². The molecule has 0 aliphatic carbocycles. The molecule has 0 saturated carbocycles. The van der Waals surface area contributed by atoms with Crippen molar-refractivity contribution in [2.24, 2.45) is 0 Å². The van der Waals surface area contributed by atoms with Crippen LogP contribution in [0.2, 0.25) is 10.0 Å². The van der Waals surface area contributed by atoms with Gasteiger partial charge in [0.2, 0.25) is 0 Å². The van der Waals surface area contributed by atoms with Crippen LogP contribution in [0.15, 0.2) is 62.8 Å². The zero-order valence-electron chi connectivity index (χ0n) is 14.9. The molecule has 0 heterocycles. The first kappa shape index (κ1) is 21.7. The SMILES string of the molecule is Cc1cc(F)c(Br)cc1NSc1ccc(NSc2cc(Cl)cc(Cl)c2)cc1C. The average Bonchev–Trinajstić information content (AvgIpc) is 2.62.